The number of rotatable bonds is 7. The van der Waals surface area contributed by atoms with Crippen LogP contribution in [0.4, 0.5) is 4.79 Å². The predicted octanol–water partition coefficient (Wildman–Crippen LogP) is -0.601. The van der Waals surface area contributed by atoms with Crippen LogP contribution in [0.25, 0.3) is 0 Å². The molecule has 0 bridgehead atoms. The molecule has 1 fully saturated rings. The standard InChI is InChI=1S/C12H21N3O5/c16-10(15-5-2-1-3-6-15)8-14-12(19)13-4-7-20-9-11(17)18/h1-9H2,(H,17,18)(H2,13,14,19). The highest BCUT2D eigenvalue weighted by Crippen LogP contribution is 2.07. The third kappa shape index (κ3) is 6.93. The quantitative estimate of drug-likeness (QED) is 0.542. The first-order valence-electron chi connectivity index (χ1n) is 6.68. The molecule has 0 aromatic heterocycles. The topological polar surface area (TPSA) is 108 Å². The van der Waals surface area contributed by atoms with Gasteiger partial charge in [-0.3, -0.25) is 4.79 Å². The smallest absolute Gasteiger partial charge is 0.329 e. The van der Waals surface area contributed by atoms with Crippen LogP contribution in [-0.4, -0.2) is 67.3 Å². The van der Waals surface area contributed by atoms with Crippen LogP contribution in [0.2, 0.25) is 0 Å². The van der Waals surface area contributed by atoms with E-state index in [4.69, 9.17) is 9.84 Å². The van der Waals surface area contributed by atoms with Gasteiger partial charge < -0.3 is 25.4 Å². The Labute approximate surface area is 117 Å². The summed E-state index contributed by atoms with van der Waals surface area (Å²) in [5, 5.41) is 13.3. The molecule has 0 aliphatic carbocycles. The first kappa shape index (κ1) is 16.2. The molecular weight excluding hydrogens is 266 g/mol. The molecule has 0 spiro atoms. The summed E-state index contributed by atoms with van der Waals surface area (Å²) in [5.41, 5.74) is 0. The maximum atomic E-state index is 11.7. The second-order valence-corrected chi connectivity index (χ2v) is 4.50. The SMILES string of the molecule is O=C(O)COCCNC(=O)NCC(=O)N1CCCCC1. The van der Waals surface area contributed by atoms with E-state index in [9.17, 15) is 14.4 Å². The minimum atomic E-state index is -1.05. The van der Waals surface area contributed by atoms with Gasteiger partial charge in [-0.1, -0.05) is 0 Å². The number of carboxylic acid groups (broad SMARTS) is 1. The number of nitrogens with zero attached hydrogens (tertiary/aromatic N) is 1. The van der Waals surface area contributed by atoms with Crippen LogP contribution in [0.15, 0.2) is 0 Å². The van der Waals surface area contributed by atoms with Crippen LogP contribution in [0.5, 0.6) is 0 Å². The van der Waals surface area contributed by atoms with E-state index in [0.717, 1.165) is 32.4 Å². The largest absolute Gasteiger partial charge is 0.480 e. The van der Waals surface area contributed by atoms with Crippen molar-refractivity contribution in [2.75, 3.05) is 39.4 Å². The predicted molar refractivity (Wildman–Crippen MR) is 70.3 cm³/mol. The molecule has 0 aromatic rings. The van der Waals surface area contributed by atoms with Gasteiger partial charge in [0.15, 0.2) is 0 Å². The molecule has 1 aliphatic rings. The Morgan fingerprint density at radius 2 is 1.80 bits per heavy atom. The number of aliphatic carboxylic acids is 1. The monoisotopic (exact) mass is 287 g/mol. The third-order valence-corrected chi connectivity index (χ3v) is 2.87. The number of hydrogen-bond acceptors (Lipinski definition) is 4. The molecule has 0 atom stereocenters. The van der Waals surface area contributed by atoms with Crippen LogP contribution in [-0.2, 0) is 14.3 Å². The Morgan fingerprint density at radius 3 is 2.45 bits per heavy atom. The van der Waals surface area contributed by atoms with E-state index in [2.05, 4.69) is 10.6 Å². The average molecular weight is 287 g/mol. The lowest BCUT2D eigenvalue weighted by Gasteiger charge is -2.26. The third-order valence-electron chi connectivity index (χ3n) is 2.87. The minimum absolute atomic E-state index is 0.0260. The molecule has 3 amide bonds. The number of nitrogens with one attached hydrogen (secondary N) is 2. The van der Waals surface area contributed by atoms with Gasteiger partial charge in [-0.15, -0.1) is 0 Å². The van der Waals surface area contributed by atoms with Gasteiger partial charge in [0.05, 0.1) is 13.2 Å². The number of piperidine rings is 1. The minimum Gasteiger partial charge on any atom is -0.480 e. The fourth-order valence-corrected chi connectivity index (χ4v) is 1.87. The number of hydrogen-bond donors (Lipinski definition) is 3. The summed E-state index contributed by atoms with van der Waals surface area (Å²) in [5.74, 6) is -1.14. The van der Waals surface area contributed by atoms with Gasteiger partial charge in [0, 0.05) is 19.6 Å². The van der Waals surface area contributed by atoms with Gasteiger partial charge in [-0.05, 0) is 19.3 Å². The first-order valence-corrected chi connectivity index (χ1v) is 6.68. The second kappa shape index (κ2) is 9.13. The fraction of sp³-hybridized carbons (Fsp3) is 0.750. The summed E-state index contributed by atoms with van der Waals surface area (Å²) >= 11 is 0. The molecule has 8 nitrogen and oxygen atoms in total. The van der Waals surface area contributed by atoms with Crippen LogP contribution in [0.1, 0.15) is 19.3 Å². The number of amides is 3. The second-order valence-electron chi connectivity index (χ2n) is 4.50. The molecule has 1 aliphatic heterocycles. The molecule has 114 valence electrons. The van der Waals surface area contributed by atoms with E-state index < -0.39 is 18.6 Å². The van der Waals surface area contributed by atoms with Gasteiger partial charge in [-0.2, -0.15) is 0 Å². The van der Waals surface area contributed by atoms with E-state index >= 15 is 0 Å². The fourth-order valence-electron chi connectivity index (χ4n) is 1.87. The van der Waals surface area contributed by atoms with Crippen molar-refractivity contribution in [3.05, 3.63) is 0 Å². The highest BCUT2D eigenvalue weighted by Gasteiger charge is 2.16. The van der Waals surface area contributed by atoms with Crippen LogP contribution in [0, 0.1) is 0 Å². The highest BCUT2D eigenvalue weighted by atomic mass is 16.5. The number of likely N-dealkylation sites (tertiary alicyclic amines) is 1. The van der Waals surface area contributed by atoms with Gasteiger partial charge in [0.25, 0.3) is 0 Å². The van der Waals surface area contributed by atoms with E-state index in [1.165, 1.54) is 0 Å². The summed E-state index contributed by atoms with van der Waals surface area (Å²) in [7, 11) is 0. The molecule has 1 rings (SSSR count). The Balaban J connectivity index is 2.04. The number of ether oxygens (including phenoxy) is 1. The van der Waals surface area contributed by atoms with Crippen molar-refractivity contribution in [2.24, 2.45) is 0 Å². The zero-order chi connectivity index (χ0) is 14.8. The Bertz CT molecular complexity index is 342. The van der Waals surface area contributed by atoms with Crippen molar-refractivity contribution in [1.29, 1.82) is 0 Å². The lowest BCUT2D eigenvalue weighted by molar-refractivity contribution is -0.142. The van der Waals surface area contributed by atoms with Crippen LogP contribution < -0.4 is 10.6 Å². The molecule has 1 saturated heterocycles. The maximum Gasteiger partial charge on any atom is 0.329 e. The van der Waals surface area contributed by atoms with Crippen molar-refractivity contribution in [3.8, 4) is 0 Å². The van der Waals surface area contributed by atoms with Crippen LogP contribution >= 0.6 is 0 Å². The van der Waals surface area contributed by atoms with Crippen molar-refractivity contribution < 1.29 is 24.2 Å². The molecule has 0 aromatic carbocycles. The van der Waals surface area contributed by atoms with Crippen molar-refractivity contribution in [1.82, 2.24) is 15.5 Å². The molecule has 0 radical (unpaired) electrons. The Kier molecular flexibility index (Phi) is 7.41. The maximum absolute atomic E-state index is 11.7. The zero-order valence-electron chi connectivity index (χ0n) is 11.4. The van der Waals surface area contributed by atoms with Crippen molar-refractivity contribution >= 4 is 17.9 Å². The lowest BCUT2D eigenvalue weighted by Crippen LogP contribution is -2.45. The highest BCUT2D eigenvalue weighted by molar-refractivity contribution is 5.84. The van der Waals surface area contributed by atoms with Gasteiger partial charge in [-0.25, -0.2) is 9.59 Å². The summed E-state index contributed by atoms with van der Waals surface area (Å²) < 4.78 is 4.75. The number of carbonyl (C=O) groups excluding carboxylic acids is 2. The summed E-state index contributed by atoms with van der Waals surface area (Å²) in [4.78, 5) is 35.0. The van der Waals surface area contributed by atoms with E-state index in [1.807, 2.05) is 0 Å². The molecule has 20 heavy (non-hydrogen) atoms. The van der Waals surface area contributed by atoms with Crippen LogP contribution in [0.3, 0.4) is 0 Å². The molecular formula is C12H21N3O5. The summed E-state index contributed by atoms with van der Waals surface area (Å²) in [6.45, 7) is 1.39. The molecule has 8 heteroatoms. The summed E-state index contributed by atoms with van der Waals surface area (Å²) in [6, 6.07) is -0.464. The molecule has 3 N–H and O–H groups in total. The Hall–Kier alpha value is -1.83. The van der Waals surface area contributed by atoms with Gasteiger partial charge >= 0.3 is 12.0 Å². The number of carboxylic acids is 1. The average Bonchev–Trinajstić information content (AvgIpc) is 2.45. The molecule has 0 unspecified atom stereocenters. The van der Waals surface area contributed by atoms with E-state index in [-0.39, 0.29) is 25.6 Å². The van der Waals surface area contributed by atoms with Crippen molar-refractivity contribution in [3.63, 3.8) is 0 Å². The lowest BCUT2D eigenvalue weighted by atomic mass is 10.1. The van der Waals surface area contributed by atoms with E-state index in [1.54, 1.807) is 4.90 Å². The Morgan fingerprint density at radius 1 is 1.10 bits per heavy atom. The number of carbonyl (C=O) groups is 3. The van der Waals surface area contributed by atoms with Crippen molar-refractivity contribution in [2.45, 2.75) is 19.3 Å². The number of urea groups is 1. The molecule has 1 heterocycles. The van der Waals surface area contributed by atoms with Gasteiger partial charge in [0.2, 0.25) is 5.91 Å². The first-order chi connectivity index (χ1) is 9.59. The molecule has 0 saturated carbocycles. The van der Waals surface area contributed by atoms with Gasteiger partial charge in [0.1, 0.15) is 6.61 Å². The zero-order valence-corrected chi connectivity index (χ0v) is 11.4. The van der Waals surface area contributed by atoms with E-state index in [0.29, 0.717) is 0 Å². The normalized spacial score (nSPS) is 14.7. The summed E-state index contributed by atoms with van der Waals surface area (Å²) in [6.07, 6.45) is 3.17.